The summed E-state index contributed by atoms with van der Waals surface area (Å²) < 4.78 is 1.31. The van der Waals surface area contributed by atoms with E-state index >= 15 is 0 Å². The van der Waals surface area contributed by atoms with E-state index in [1.807, 2.05) is 0 Å². The fraction of sp³-hybridized carbons (Fsp3) is 0.250. The van der Waals surface area contributed by atoms with Crippen molar-refractivity contribution >= 4 is 39.7 Å². The lowest BCUT2D eigenvalue weighted by Crippen LogP contribution is -2.12. The van der Waals surface area contributed by atoms with Crippen molar-refractivity contribution in [3.63, 3.8) is 0 Å². The molecule has 0 fully saturated rings. The number of hydrogen-bond acceptors (Lipinski definition) is 1. The lowest BCUT2D eigenvalue weighted by atomic mass is 10.0. The number of anilines is 3. The Morgan fingerprint density at radius 2 is 1.04 bits per heavy atom. The maximum absolute atomic E-state index is 2.42. The molecule has 0 unspecified atom stereocenters. The molecular weight excluding hydrogens is 429 g/mol. The van der Waals surface area contributed by atoms with Gasteiger partial charge in [-0.15, -0.1) is 0 Å². The maximum Gasteiger partial charge on any atom is 0.0494 e. The second-order valence-corrected chi connectivity index (χ2v) is 8.42. The van der Waals surface area contributed by atoms with Crippen LogP contribution in [-0.2, 0) is 0 Å². The average molecular weight is 455 g/mol. The summed E-state index contributed by atoms with van der Waals surface area (Å²) in [5.41, 5.74) is 11.5. The minimum atomic E-state index is 1.21. The lowest BCUT2D eigenvalue weighted by Gasteiger charge is -2.29. The Balaban J connectivity index is 2.26. The van der Waals surface area contributed by atoms with Crippen molar-refractivity contribution in [1.82, 2.24) is 0 Å². The van der Waals surface area contributed by atoms with Crippen molar-refractivity contribution in [2.45, 2.75) is 41.5 Å². The maximum atomic E-state index is 2.42. The number of nitrogens with zero attached hydrogens (tertiary/aromatic N) is 1. The Labute approximate surface area is 171 Å². The molecule has 3 aromatic carbocycles. The van der Waals surface area contributed by atoms with E-state index in [0.29, 0.717) is 0 Å². The average Bonchev–Trinajstić information content (AvgIpc) is 2.59. The van der Waals surface area contributed by atoms with Crippen molar-refractivity contribution in [2.24, 2.45) is 0 Å². The normalized spacial score (nSPS) is 10.9. The van der Waals surface area contributed by atoms with Gasteiger partial charge in [0, 0.05) is 20.6 Å². The quantitative estimate of drug-likeness (QED) is 0.368. The third-order valence-electron chi connectivity index (χ3n) is 5.22. The standard InChI is InChI=1S/C24H26IN/c1-15-7-9-21(11-17(15)3)26(22-10-8-16(2)18(4)12-22)24-14-19(5)23(25)13-20(24)6/h7-14H,1-6H3. The minimum absolute atomic E-state index is 1.21. The van der Waals surface area contributed by atoms with Gasteiger partial charge in [0.25, 0.3) is 0 Å². The van der Waals surface area contributed by atoms with Gasteiger partial charge in [-0.3, -0.25) is 0 Å². The molecular formula is C24H26IN. The molecule has 0 aliphatic carbocycles. The van der Waals surface area contributed by atoms with Crippen LogP contribution in [0.1, 0.15) is 33.4 Å². The zero-order valence-corrected chi connectivity index (χ0v) is 18.6. The Morgan fingerprint density at radius 3 is 1.50 bits per heavy atom. The zero-order chi connectivity index (χ0) is 19.0. The van der Waals surface area contributed by atoms with Crippen molar-refractivity contribution in [3.05, 3.63) is 85.5 Å². The smallest absolute Gasteiger partial charge is 0.0494 e. The van der Waals surface area contributed by atoms with Crippen LogP contribution in [-0.4, -0.2) is 0 Å². The van der Waals surface area contributed by atoms with Crippen molar-refractivity contribution < 1.29 is 0 Å². The van der Waals surface area contributed by atoms with Crippen LogP contribution in [0.25, 0.3) is 0 Å². The van der Waals surface area contributed by atoms with E-state index in [-0.39, 0.29) is 0 Å². The molecule has 0 bridgehead atoms. The van der Waals surface area contributed by atoms with Gasteiger partial charge in [-0.05, 0) is 134 Å². The molecule has 1 nitrogen and oxygen atoms in total. The molecule has 26 heavy (non-hydrogen) atoms. The fourth-order valence-corrected chi connectivity index (χ4v) is 3.79. The number of benzene rings is 3. The lowest BCUT2D eigenvalue weighted by molar-refractivity contribution is 1.20. The highest BCUT2D eigenvalue weighted by atomic mass is 127. The Bertz CT molecular complexity index is 921. The Morgan fingerprint density at radius 1 is 0.538 bits per heavy atom. The van der Waals surface area contributed by atoms with Gasteiger partial charge in [0.1, 0.15) is 0 Å². The zero-order valence-electron chi connectivity index (χ0n) is 16.4. The van der Waals surface area contributed by atoms with Crippen molar-refractivity contribution in [1.29, 1.82) is 0 Å². The Hall–Kier alpha value is -1.81. The van der Waals surface area contributed by atoms with Gasteiger partial charge in [-0.2, -0.15) is 0 Å². The summed E-state index contributed by atoms with van der Waals surface area (Å²) in [5.74, 6) is 0. The molecule has 0 amide bonds. The fourth-order valence-electron chi connectivity index (χ4n) is 3.16. The van der Waals surface area contributed by atoms with Crippen LogP contribution >= 0.6 is 22.6 Å². The molecule has 3 rings (SSSR count). The molecule has 0 spiro atoms. The van der Waals surface area contributed by atoms with E-state index in [4.69, 9.17) is 0 Å². The van der Waals surface area contributed by atoms with Gasteiger partial charge in [0.15, 0.2) is 0 Å². The van der Waals surface area contributed by atoms with E-state index in [1.165, 1.54) is 54.0 Å². The first-order valence-electron chi connectivity index (χ1n) is 8.99. The minimum Gasteiger partial charge on any atom is -0.310 e. The summed E-state index contributed by atoms with van der Waals surface area (Å²) >= 11 is 2.42. The second-order valence-electron chi connectivity index (χ2n) is 7.26. The highest BCUT2D eigenvalue weighted by Gasteiger charge is 2.17. The molecule has 2 heteroatoms. The molecule has 134 valence electrons. The van der Waals surface area contributed by atoms with Crippen LogP contribution in [0.3, 0.4) is 0 Å². The number of halogens is 1. The molecule has 0 heterocycles. The van der Waals surface area contributed by atoms with Gasteiger partial charge in [0.05, 0.1) is 0 Å². The SMILES string of the molecule is Cc1ccc(N(c2ccc(C)c(C)c2)c2cc(C)c(I)cc2C)cc1C. The van der Waals surface area contributed by atoms with Gasteiger partial charge < -0.3 is 4.90 Å². The first kappa shape index (κ1) is 19.0. The third-order valence-corrected chi connectivity index (χ3v) is 6.38. The second kappa shape index (κ2) is 7.43. The third kappa shape index (κ3) is 3.66. The van der Waals surface area contributed by atoms with E-state index in [9.17, 15) is 0 Å². The number of rotatable bonds is 3. The largest absolute Gasteiger partial charge is 0.310 e. The predicted octanol–water partition coefficient (Wildman–Crippen LogP) is 7.61. The molecule has 0 aliphatic rings. The van der Waals surface area contributed by atoms with Crippen molar-refractivity contribution in [2.75, 3.05) is 4.90 Å². The summed E-state index contributed by atoms with van der Waals surface area (Å²) in [7, 11) is 0. The molecule has 0 atom stereocenters. The van der Waals surface area contributed by atoms with Crippen LogP contribution < -0.4 is 4.90 Å². The highest BCUT2D eigenvalue weighted by Crippen LogP contribution is 2.39. The van der Waals surface area contributed by atoms with Crippen LogP contribution in [0.4, 0.5) is 17.1 Å². The first-order chi connectivity index (χ1) is 12.3. The summed E-state index contributed by atoms with van der Waals surface area (Å²) in [4.78, 5) is 2.39. The predicted molar refractivity (Wildman–Crippen MR) is 122 cm³/mol. The molecule has 0 aromatic heterocycles. The molecule has 0 N–H and O–H groups in total. The summed E-state index contributed by atoms with van der Waals surface area (Å²) in [6.07, 6.45) is 0. The molecule has 0 radical (unpaired) electrons. The van der Waals surface area contributed by atoms with E-state index in [0.717, 1.165) is 0 Å². The summed E-state index contributed by atoms with van der Waals surface area (Å²) in [5, 5.41) is 0. The number of hydrogen-bond donors (Lipinski definition) is 0. The van der Waals surface area contributed by atoms with Crippen LogP contribution in [0.15, 0.2) is 48.5 Å². The topological polar surface area (TPSA) is 3.24 Å². The van der Waals surface area contributed by atoms with Crippen LogP contribution in [0, 0.1) is 45.1 Å². The molecule has 0 aliphatic heterocycles. The summed E-state index contributed by atoms with van der Waals surface area (Å²) in [6, 6.07) is 18.0. The monoisotopic (exact) mass is 455 g/mol. The highest BCUT2D eigenvalue weighted by molar-refractivity contribution is 14.1. The molecule has 0 saturated carbocycles. The van der Waals surface area contributed by atoms with Crippen LogP contribution in [0.2, 0.25) is 0 Å². The van der Waals surface area contributed by atoms with Gasteiger partial charge >= 0.3 is 0 Å². The molecule has 3 aromatic rings. The first-order valence-corrected chi connectivity index (χ1v) is 10.1. The van der Waals surface area contributed by atoms with Gasteiger partial charge in [-0.25, -0.2) is 0 Å². The van der Waals surface area contributed by atoms with E-state index in [2.05, 4.69) is 118 Å². The van der Waals surface area contributed by atoms with Gasteiger partial charge in [0.2, 0.25) is 0 Å². The van der Waals surface area contributed by atoms with E-state index in [1.54, 1.807) is 0 Å². The number of aryl methyl sites for hydroxylation is 6. The van der Waals surface area contributed by atoms with E-state index < -0.39 is 0 Å². The van der Waals surface area contributed by atoms with Crippen molar-refractivity contribution in [3.8, 4) is 0 Å². The summed E-state index contributed by atoms with van der Waals surface area (Å²) in [6.45, 7) is 13.1. The molecule has 0 saturated heterocycles. The van der Waals surface area contributed by atoms with Gasteiger partial charge in [-0.1, -0.05) is 12.1 Å². The Kier molecular flexibility index (Phi) is 5.42. The van der Waals surface area contributed by atoms with Crippen LogP contribution in [0.5, 0.6) is 0 Å².